The molecule has 1 fully saturated rings. The Bertz CT molecular complexity index is 353. The summed E-state index contributed by atoms with van der Waals surface area (Å²) in [5.74, 6) is 11.1. The lowest BCUT2D eigenvalue weighted by molar-refractivity contribution is 0.228. The molecule has 1 rings (SSSR count). The van der Waals surface area contributed by atoms with Gasteiger partial charge in [0, 0.05) is 6.42 Å². The monoisotopic (exact) mass is 262 g/mol. The quantitative estimate of drug-likeness (QED) is 0.413. The van der Waals surface area contributed by atoms with Crippen molar-refractivity contribution < 1.29 is 9.84 Å². The number of hydrogen-bond acceptors (Lipinski definition) is 2. The number of epoxide rings is 1. The second kappa shape index (κ2) is 9.90. The lowest BCUT2D eigenvalue weighted by Crippen LogP contribution is -1.98. The molecule has 1 aliphatic rings. The molecule has 1 aliphatic heterocycles. The molecular weight excluding hydrogens is 236 g/mol. The Kier molecular flexibility index (Phi) is 8.39. The van der Waals surface area contributed by atoms with Gasteiger partial charge in [0.15, 0.2) is 0 Å². The van der Waals surface area contributed by atoms with E-state index < -0.39 is 6.10 Å². The van der Waals surface area contributed by atoms with Crippen LogP contribution in [0.4, 0.5) is 0 Å². The third kappa shape index (κ3) is 7.93. The summed E-state index contributed by atoms with van der Waals surface area (Å²) in [6, 6.07) is 0. The zero-order valence-corrected chi connectivity index (χ0v) is 12.2. The van der Waals surface area contributed by atoms with Crippen LogP contribution < -0.4 is 0 Å². The number of rotatable bonds is 8. The van der Waals surface area contributed by atoms with E-state index in [9.17, 15) is 5.11 Å². The molecule has 1 saturated heterocycles. The van der Waals surface area contributed by atoms with Gasteiger partial charge in [-0.15, -0.1) is 0 Å². The summed E-state index contributed by atoms with van der Waals surface area (Å²) in [5, 5.41) is 9.21. The minimum atomic E-state index is -0.539. The van der Waals surface area contributed by atoms with E-state index in [4.69, 9.17) is 4.74 Å². The van der Waals surface area contributed by atoms with Crippen molar-refractivity contribution in [1.82, 2.24) is 0 Å². The Labute approximate surface area is 117 Å². The molecule has 0 aliphatic carbocycles. The first-order valence-corrected chi connectivity index (χ1v) is 7.59. The van der Waals surface area contributed by atoms with E-state index in [1.54, 1.807) is 0 Å². The third-order valence-electron chi connectivity index (χ3n) is 3.36. The summed E-state index contributed by atoms with van der Waals surface area (Å²) in [4.78, 5) is 0. The molecule has 0 aromatic carbocycles. The van der Waals surface area contributed by atoms with Crippen LogP contribution >= 0.6 is 0 Å². The van der Waals surface area contributed by atoms with Gasteiger partial charge < -0.3 is 9.84 Å². The molecule has 2 heteroatoms. The molecule has 0 unspecified atom stereocenters. The molecule has 0 saturated carbocycles. The summed E-state index contributed by atoms with van der Waals surface area (Å²) in [6.07, 6.45) is 9.43. The Balaban J connectivity index is 2.01. The molecule has 0 aromatic rings. The number of unbranched alkanes of at least 4 members (excludes halogenated alkanes) is 4. The molecule has 0 radical (unpaired) electrons. The number of aliphatic hydroxyl groups excluding tert-OH is 1. The van der Waals surface area contributed by atoms with E-state index in [1.165, 1.54) is 38.5 Å². The van der Waals surface area contributed by atoms with Gasteiger partial charge in [-0.25, -0.2) is 0 Å². The molecule has 0 bridgehead atoms. The highest BCUT2D eigenvalue weighted by Crippen LogP contribution is 2.29. The van der Waals surface area contributed by atoms with Gasteiger partial charge in [-0.2, -0.15) is 0 Å². The van der Waals surface area contributed by atoms with E-state index in [1.807, 2.05) is 6.92 Å². The van der Waals surface area contributed by atoms with Crippen LogP contribution in [0, 0.1) is 23.7 Å². The standard InChI is InChI=1S/C17H26O2/c1-3-5-6-7-10-13-16-17(19-16)14-11-8-9-12-15(18)4-2/h15-18H,3-7,10,13-14H2,1-2H3/t15-,16-,17+/m0/s1. The van der Waals surface area contributed by atoms with Crippen molar-refractivity contribution in [3.63, 3.8) is 0 Å². The highest BCUT2D eigenvalue weighted by molar-refractivity contribution is 5.27. The van der Waals surface area contributed by atoms with Gasteiger partial charge in [0.05, 0.1) is 12.2 Å². The fraction of sp³-hybridized carbons (Fsp3) is 0.765. The van der Waals surface area contributed by atoms with E-state index >= 15 is 0 Å². The van der Waals surface area contributed by atoms with Crippen LogP contribution in [0.5, 0.6) is 0 Å². The van der Waals surface area contributed by atoms with Crippen LogP contribution in [0.2, 0.25) is 0 Å². The van der Waals surface area contributed by atoms with Gasteiger partial charge in [-0.1, -0.05) is 57.8 Å². The highest BCUT2D eigenvalue weighted by Gasteiger charge is 2.36. The summed E-state index contributed by atoms with van der Waals surface area (Å²) in [5.41, 5.74) is 0. The van der Waals surface area contributed by atoms with Crippen LogP contribution in [0.15, 0.2) is 0 Å². The van der Waals surface area contributed by atoms with E-state index in [0.29, 0.717) is 18.6 Å². The molecule has 0 amide bonds. The highest BCUT2D eigenvalue weighted by atomic mass is 16.6. The SMILES string of the molecule is CCCCCCC[C@@H]1O[C@@H]1CC#CC#C[C@@H](O)CC. The first-order chi connectivity index (χ1) is 9.27. The summed E-state index contributed by atoms with van der Waals surface area (Å²) >= 11 is 0. The fourth-order valence-corrected chi connectivity index (χ4v) is 1.98. The summed E-state index contributed by atoms with van der Waals surface area (Å²) in [6.45, 7) is 4.14. The van der Waals surface area contributed by atoms with Crippen LogP contribution in [-0.2, 0) is 4.74 Å². The number of aliphatic hydroxyl groups is 1. The summed E-state index contributed by atoms with van der Waals surface area (Å²) in [7, 11) is 0. The maximum atomic E-state index is 9.21. The zero-order valence-electron chi connectivity index (χ0n) is 12.2. The van der Waals surface area contributed by atoms with Crippen molar-refractivity contribution in [2.75, 3.05) is 0 Å². The smallest absolute Gasteiger partial charge is 0.115 e. The third-order valence-corrected chi connectivity index (χ3v) is 3.36. The van der Waals surface area contributed by atoms with Gasteiger partial charge in [-0.05, 0) is 24.7 Å². The topological polar surface area (TPSA) is 32.8 Å². The van der Waals surface area contributed by atoms with Crippen molar-refractivity contribution in [2.45, 2.75) is 83.5 Å². The Morgan fingerprint density at radius 2 is 1.84 bits per heavy atom. The van der Waals surface area contributed by atoms with Gasteiger partial charge in [-0.3, -0.25) is 0 Å². The van der Waals surface area contributed by atoms with Gasteiger partial charge in [0.25, 0.3) is 0 Å². The molecule has 0 aromatic heterocycles. The molecule has 0 spiro atoms. The van der Waals surface area contributed by atoms with Crippen molar-refractivity contribution in [1.29, 1.82) is 0 Å². The molecule has 1 heterocycles. The molecular formula is C17H26O2. The maximum Gasteiger partial charge on any atom is 0.115 e. The first kappa shape index (κ1) is 16.1. The lowest BCUT2D eigenvalue weighted by atomic mass is 10.1. The van der Waals surface area contributed by atoms with E-state index in [-0.39, 0.29) is 0 Å². The zero-order chi connectivity index (χ0) is 13.9. The van der Waals surface area contributed by atoms with Crippen LogP contribution in [-0.4, -0.2) is 23.4 Å². The first-order valence-electron chi connectivity index (χ1n) is 7.59. The predicted molar refractivity (Wildman–Crippen MR) is 78.5 cm³/mol. The van der Waals surface area contributed by atoms with Gasteiger partial charge in [0.2, 0.25) is 0 Å². The van der Waals surface area contributed by atoms with Crippen molar-refractivity contribution in [3.05, 3.63) is 0 Å². The minimum absolute atomic E-state index is 0.330. The van der Waals surface area contributed by atoms with Crippen LogP contribution in [0.3, 0.4) is 0 Å². The Morgan fingerprint density at radius 3 is 2.58 bits per heavy atom. The molecule has 2 nitrogen and oxygen atoms in total. The van der Waals surface area contributed by atoms with Crippen molar-refractivity contribution in [3.8, 4) is 23.7 Å². The minimum Gasteiger partial charge on any atom is -0.380 e. The second-order valence-corrected chi connectivity index (χ2v) is 5.12. The van der Waals surface area contributed by atoms with Crippen LogP contribution in [0.1, 0.15) is 65.2 Å². The van der Waals surface area contributed by atoms with Gasteiger partial charge >= 0.3 is 0 Å². The molecule has 19 heavy (non-hydrogen) atoms. The predicted octanol–water partition coefficient (Wildman–Crippen LogP) is 3.28. The average molecular weight is 262 g/mol. The fourth-order valence-electron chi connectivity index (χ4n) is 1.98. The lowest BCUT2D eigenvalue weighted by Gasteiger charge is -1.96. The molecule has 106 valence electrons. The maximum absolute atomic E-state index is 9.21. The van der Waals surface area contributed by atoms with Crippen LogP contribution in [0.25, 0.3) is 0 Å². The molecule has 1 N–H and O–H groups in total. The Morgan fingerprint density at radius 1 is 1.05 bits per heavy atom. The van der Waals surface area contributed by atoms with Crippen molar-refractivity contribution >= 4 is 0 Å². The van der Waals surface area contributed by atoms with Crippen molar-refractivity contribution in [2.24, 2.45) is 0 Å². The summed E-state index contributed by atoms with van der Waals surface area (Å²) < 4.78 is 5.57. The number of hydrogen-bond donors (Lipinski definition) is 1. The van der Waals surface area contributed by atoms with Gasteiger partial charge in [0.1, 0.15) is 6.10 Å². The second-order valence-electron chi connectivity index (χ2n) is 5.12. The number of ether oxygens (including phenoxy) is 1. The Hall–Kier alpha value is -0.960. The molecule has 3 atom stereocenters. The normalized spacial score (nSPS) is 21.8. The average Bonchev–Trinajstić information content (AvgIpc) is 3.16. The van der Waals surface area contributed by atoms with E-state index in [2.05, 4.69) is 30.6 Å². The largest absolute Gasteiger partial charge is 0.380 e. The van der Waals surface area contributed by atoms with E-state index in [0.717, 1.165) is 6.42 Å².